The third-order valence-electron chi connectivity index (χ3n) is 3.69. The van der Waals surface area contributed by atoms with Crippen molar-refractivity contribution in [3.63, 3.8) is 0 Å². The number of nitrogens with zero attached hydrogens (tertiary/aromatic N) is 1. The molecule has 3 nitrogen and oxygen atoms in total. The fraction of sp³-hybridized carbons (Fsp3) is 0.647. The van der Waals surface area contributed by atoms with Crippen LogP contribution in [0.2, 0.25) is 0 Å². The molecule has 114 valence electrons. The van der Waals surface area contributed by atoms with Crippen molar-refractivity contribution in [1.82, 2.24) is 10.2 Å². The lowest BCUT2D eigenvalue weighted by molar-refractivity contribution is 0.196. The molecule has 1 rings (SSSR count). The molecule has 1 aromatic carbocycles. The van der Waals surface area contributed by atoms with E-state index in [2.05, 4.69) is 69.2 Å². The zero-order valence-electron chi connectivity index (χ0n) is 13.6. The molecule has 0 aromatic heterocycles. The van der Waals surface area contributed by atoms with E-state index in [4.69, 9.17) is 4.74 Å². The van der Waals surface area contributed by atoms with Gasteiger partial charge < -0.3 is 15.0 Å². The first-order chi connectivity index (χ1) is 9.52. The van der Waals surface area contributed by atoms with Crippen LogP contribution in [-0.4, -0.2) is 37.2 Å². The van der Waals surface area contributed by atoms with Gasteiger partial charge >= 0.3 is 0 Å². The molecule has 0 heterocycles. The maximum Gasteiger partial charge on any atom is 0.119 e. The van der Waals surface area contributed by atoms with E-state index < -0.39 is 0 Å². The van der Waals surface area contributed by atoms with E-state index in [1.54, 1.807) is 0 Å². The molecular weight excluding hydrogens is 248 g/mol. The Labute approximate surface area is 124 Å². The van der Waals surface area contributed by atoms with Gasteiger partial charge in [-0.2, -0.15) is 0 Å². The molecule has 0 amide bonds. The highest BCUT2D eigenvalue weighted by Crippen LogP contribution is 2.12. The standard InChI is InChI=1S/C17H30N2O/c1-6-15(4)19(5)11-12-20-17-9-7-16(8-10-17)13-18-14(2)3/h7-10,14-15,18H,6,11-13H2,1-5H3. The fourth-order valence-electron chi connectivity index (χ4n) is 1.87. The van der Waals surface area contributed by atoms with Gasteiger partial charge in [-0.1, -0.05) is 32.9 Å². The fourth-order valence-corrected chi connectivity index (χ4v) is 1.87. The second-order valence-electron chi connectivity index (χ2n) is 5.77. The van der Waals surface area contributed by atoms with Crippen LogP contribution in [0.4, 0.5) is 0 Å². The van der Waals surface area contributed by atoms with Gasteiger partial charge in [0.1, 0.15) is 12.4 Å². The highest BCUT2D eigenvalue weighted by atomic mass is 16.5. The number of benzene rings is 1. The van der Waals surface area contributed by atoms with Crippen LogP contribution in [0.25, 0.3) is 0 Å². The minimum atomic E-state index is 0.516. The van der Waals surface area contributed by atoms with Gasteiger partial charge in [-0.15, -0.1) is 0 Å². The molecule has 20 heavy (non-hydrogen) atoms. The zero-order valence-corrected chi connectivity index (χ0v) is 13.6. The maximum atomic E-state index is 5.79. The van der Waals surface area contributed by atoms with Crippen LogP contribution in [0.5, 0.6) is 5.75 Å². The lowest BCUT2D eigenvalue weighted by Gasteiger charge is -2.23. The zero-order chi connectivity index (χ0) is 15.0. The second kappa shape index (κ2) is 8.98. The van der Waals surface area contributed by atoms with E-state index in [1.165, 1.54) is 12.0 Å². The van der Waals surface area contributed by atoms with Crippen molar-refractivity contribution in [3.8, 4) is 5.75 Å². The summed E-state index contributed by atoms with van der Waals surface area (Å²) in [6.45, 7) is 11.4. The first-order valence-corrected chi connectivity index (χ1v) is 7.68. The number of hydrogen-bond acceptors (Lipinski definition) is 3. The quantitative estimate of drug-likeness (QED) is 0.750. The molecule has 0 aliphatic heterocycles. The number of nitrogens with one attached hydrogen (secondary N) is 1. The van der Waals surface area contributed by atoms with Gasteiger partial charge in [0, 0.05) is 25.2 Å². The summed E-state index contributed by atoms with van der Waals surface area (Å²) < 4.78 is 5.79. The van der Waals surface area contributed by atoms with Gasteiger partial charge in [0.15, 0.2) is 0 Å². The van der Waals surface area contributed by atoms with E-state index in [-0.39, 0.29) is 0 Å². The molecule has 0 aliphatic rings. The molecule has 1 unspecified atom stereocenters. The highest BCUT2D eigenvalue weighted by molar-refractivity contribution is 5.27. The van der Waals surface area contributed by atoms with Crippen molar-refractivity contribution in [3.05, 3.63) is 29.8 Å². The van der Waals surface area contributed by atoms with Gasteiger partial charge in [-0.25, -0.2) is 0 Å². The first kappa shape index (κ1) is 17.0. The topological polar surface area (TPSA) is 24.5 Å². The summed E-state index contributed by atoms with van der Waals surface area (Å²) >= 11 is 0. The van der Waals surface area contributed by atoms with E-state index >= 15 is 0 Å². The Morgan fingerprint density at radius 3 is 2.35 bits per heavy atom. The Morgan fingerprint density at radius 2 is 1.80 bits per heavy atom. The molecule has 1 aromatic rings. The van der Waals surface area contributed by atoms with E-state index in [9.17, 15) is 0 Å². The van der Waals surface area contributed by atoms with Gasteiger partial charge in [-0.3, -0.25) is 0 Å². The normalized spacial score (nSPS) is 12.9. The Morgan fingerprint density at radius 1 is 1.15 bits per heavy atom. The average molecular weight is 278 g/mol. The van der Waals surface area contributed by atoms with Gasteiger partial charge in [-0.05, 0) is 38.1 Å². The first-order valence-electron chi connectivity index (χ1n) is 7.68. The van der Waals surface area contributed by atoms with Crippen molar-refractivity contribution in [2.75, 3.05) is 20.2 Å². The molecule has 0 bridgehead atoms. The van der Waals surface area contributed by atoms with Crippen molar-refractivity contribution < 1.29 is 4.74 Å². The Bertz CT molecular complexity index is 362. The van der Waals surface area contributed by atoms with Crippen molar-refractivity contribution in [1.29, 1.82) is 0 Å². The maximum absolute atomic E-state index is 5.79. The summed E-state index contributed by atoms with van der Waals surface area (Å²) in [6.07, 6.45) is 1.17. The summed E-state index contributed by atoms with van der Waals surface area (Å²) in [5, 5.41) is 3.41. The number of hydrogen-bond donors (Lipinski definition) is 1. The van der Waals surface area contributed by atoms with Crippen molar-refractivity contribution >= 4 is 0 Å². The summed E-state index contributed by atoms with van der Waals surface area (Å²) in [5.41, 5.74) is 1.29. The second-order valence-corrected chi connectivity index (χ2v) is 5.77. The van der Waals surface area contributed by atoms with Gasteiger partial charge in [0.25, 0.3) is 0 Å². The lowest BCUT2D eigenvalue weighted by Crippen LogP contribution is -2.32. The van der Waals surface area contributed by atoms with Crippen LogP contribution in [0.1, 0.15) is 39.7 Å². The minimum absolute atomic E-state index is 0.516. The Hall–Kier alpha value is -1.06. The van der Waals surface area contributed by atoms with Crippen LogP contribution in [0.3, 0.4) is 0 Å². The van der Waals surface area contributed by atoms with E-state index in [0.717, 1.165) is 25.4 Å². The molecule has 0 radical (unpaired) electrons. The van der Waals surface area contributed by atoms with Gasteiger partial charge in [0.05, 0.1) is 0 Å². The van der Waals surface area contributed by atoms with Crippen molar-refractivity contribution in [2.45, 2.75) is 52.7 Å². The summed E-state index contributed by atoms with van der Waals surface area (Å²) in [6, 6.07) is 9.50. The van der Waals surface area contributed by atoms with Crippen LogP contribution in [-0.2, 0) is 6.54 Å². The lowest BCUT2D eigenvalue weighted by atomic mass is 10.2. The van der Waals surface area contributed by atoms with E-state index in [1.807, 2.05) is 0 Å². The van der Waals surface area contributed by atoms with Gasteiger partial charge in [0.2, 0.25) is 0 Å². The molecule has 3 heteroatoms. The molecular formula is C17H30N2O. The smallest absolute Gasteiger partial charge is 0.119 e. The molecule has 0 saturated carbocycles. The van der Waals surface area contributed by atoms with Crippen LogP contribution in [0.15, 0.2) is 24.3 Å². The molecule has 1 atom stereocenters. The number of likely N-dealkylation sites (N-methyl/N-ethyl adjacent to an activating group) is 1. The molecule has 0 aliphatic carbocycles. The monoisotopic (exact) mass is 278 g/mol. The summed E-state index contributed by atoms with van der Waals surface area (Å²) in [5.74, 6) is 0.954. The van der Waals surface area contributed by atoms with Crippen LogP contribution < -0.4 is 10.1 Å². The SMILES string of the molecule is CCC(C)N(C)CCOc1ccc(CNC(C)C)cc1. The minimum Gasteiger partial charge on any atom is -0.492 e. The Balaban J connectivity index is 2.31. The highest BCUT2D eigenvalue weighted by Gasteiger charge is 2.06. The molecule has 0 spiro atoms. The predicted octanol–water partition coefficient (Wildman–Crippen LogP) is 3.29. The van der Waals surface area contributed by atoms with E-state index in [0.29, 0.717) is 12.1 Å². The third-order valence-corrected chi connectivity index (χ3v) is 3.69. The molecule has 0 fully saturated rings. The Kier molecular flexibility index (Phi) is 7.63. The number of ether oxygens (including phenoxy) is 1. The van der Waals surface area contributed by atoms with Crippen LogP contribution in [0, 0.1) is 0 Å². The predicted molar refractivity (Wildman–Crippen MR) is 86.3 cm³/mol. The summed E-state index contributed by atoms with van der Waals surface area (Å²) in [4.78, 5) is 2.33. The summed E-state index contributed by atoms with van der Waals surface area (Å²) in [7, 11) is 2.15. The third kappa shape index (κ3) is 6.40. The average Bonchev–Trinajstić information content (AvgIpc) is 2.45. The molecule has 1 N–H and O–H groups in total. The van der Waals surface area contributed by atoms with Crippen LogP contribution >= 0.6 is 0 Å². The largest absolute Gasteiger partial charge is 0.492 e. The van der Waals surface area contributed by atoms with Crippen molar-refractivity contribution in [2.24, 2.45) is 0 Å². The molecule has 0 saturated heterocycles. The number of rotatable bonds is 9.